The molecule has 0 bridgehead atoms. The van der Waals surface area contributed by atoms with Crippen molar-refractivity contribution < 1.29 is 23.7 Å². The molecule has 0 spiro atoms. The third kappa shape index (κ3) is 20.8. The first-order valence-corrected chi connectivity index (χ1v) is 15.0. The minimum absolute atomic E-state index is 0.143. The molecule has 0 aromatic carbocycles. The second kappa shape index (κ2) is 25.5. The molecule has 5 atom stereocenters. The van der Waals surface area contributed by atoms with Gasteiger partial charge in [0.2, 0.25) is 5.91 Å². The minimum atomic E-state index is -0.683. The van der Waals surface area contributed by atoms with E-state index in [4.69, 9.17) is 24.7 Å². The van der Waals surface area contributed by atoms with Crippen LogP contribution in [0, 0.1) is 5.92 Å². The third-order valence-electron chi connectivity index (χ3n) is 6.39. The van der Waals surface area contributed by atoms with Gasteiger partial charge in [-0.1, -0.05) is 79.1 Å². The minimum Gasteiger partial charge on any atom is -0.379 e. The number of rotatable bonds is 27. The van der Waals surface area contributed by atoms with E-state index in [2.05, 4.69) is 38.3 Å². The first-order valence-electron chi connectivity index (χ1n) is 15.0. The molecule has 0 saturated heterocycles. The molecule has 0 rings (SSSR count). The van der Waals surface area contributed by atoms with Crippen molar-refractivity contribution in [2.45, 2.75) is 130 Å². The van der Waals surface area contributed by atoms with E-state index in [1.54, 1.807) is 0 Å². The first-order chi connectivity index (χ1) is 17.9. The molecule has 222 valence electrons. The number of nitrogens with one attached hydrogen (secondary N) is 2. The van der Waals surface area contributed by atoms with Crippen molar-refractivity contribution >= 4 is 5.91 Å². The summed E-state index contributed by atoms with van der Waals surface area (Å²) in [4.78, 5) is 12.1. The highest BCUT2D eigenvalue weighted by Crippen LogP contribution is 2.14. The Balaban J connectivity index is 5.10. The van der Waals surface area contributed by atoms with Crippen molar-refractivity contribution in [3.8, 4) is 0 Å². The van der Waals surface area contributed by atoms with Crippen LogP contribution in [-0.4, -0.2) is 76.5 Å². The monoisotopic (exact) mass is 531 g/mol. The number of nitrogens with two attached hydrogens (primary N) is 1. The summed E-state index contributed by atoms with van der Waals surface area (Å²) in [5.41, 5.74) is 6.10. The summed E-state index contributed by atoms with van der Waals surface area (Å²) in [7, 11) is 0. The maximum Gasteiger partial charge on any atom is 0.217 e. The number of amides is 1. The van der Waals surface area contributed by atoms with Crippen molar-refractivity contribution in [2.75, 3.05) is 46.1 Å². The maximum atomic E-state index is 12.1. The predicted molar refractivity (Wildman–Crippen MR) is 153 cm³/mol. The smallest absolute Gasteiger partial charge is 0.217 e. The van der Waals surface area contributed by atoms with Crippen molar-refractivity contribution in [3.05, 3.63) is 0 Å². The zero-order valence-corrected chi connectivity index (χ0v) is 25.0. The summed E-state index contributed by atoms with van der Waals surface area (Å²) in [6.07, 6.45) is 10.6. The summed E-state index contributed by atoms with van der Waals surface area (Å²) in [5, 5.41) is 6.34. The fourth-order valence-electron chi connectivity index (χ4n) is 4.04. The van der Waals surface area contributed by atoms with Gasteiger partial charge in [0, 0.05) is 26.7 Å². The Kier molecular flexibility index (Phi) is 25.0. The quantitative estimate of drug-likeness (QED) is 0.103. The number of hydrogen-bond donors (Lipinski definition) is 3. The van der Waals surface area contributed by atoms with Crippen molar-refractivity contribution in [1.82, 2.24) is 10.6 Å². The van der Waals surface area contributed by atoms with Crippen LogP contribution in [0.1, 0.15) is 106 Å². The van der Waals surface area contributed by atoms with Crippen LogP contribution in [-0.2, 0) is 23.7 Å². The Morgan fingerprint density at radius 1 is 0.838 bits per heavy atom. The van der Waals surface area contributed by atoms with Gasteiger partial charge in [0.05, 0.1) is 25.4 Å². The molecule has 0 aromatic heterocycles. The zero-order valence-electron chi connectivity index (χ0n) is 25.0. The molecule has 0 radical (unpaired) electrons. The van der Waals surface area contributed by atoms with Gasteiger partial charge in [-0.3, -0.25) is 4.79 Å². The van der Waals surface area contributed by atoms with Crippen LogP contribution in [0.3, 0.4) is 0 Å². The number of carbonyl (C=O) groups excluding carboxylic acids is 1. The standard InChI is InChI=1S/C29H61N3O5/c1-7-10-12-14-15-16-18-34-23-27(32-26(6)33)29(36-22-24(4)21-31-9-3)37-28(20-30)25(5)35-19-17-13-11-8-2/h24-25,27-29,31H,7-23,30H2,1-6H3,(H,32,33)/t24?,25-,27-,28?,29?/m0/s1. The van der Waals surface area contributed by atoms with Crippen LogP contribution in [0.15, 0.2) is 0 Å². The lowest BCUT2D eigenvalue weighted by molar-refractivity contribution is -0.215. The molecule has 0 aromatic rings. The van der Waals surface area contributed by atoms with E-state index in [0.717, 1.165) is 38.8 Å². The van der Waals surface area contributed by atoms with Gasteiger partial charge in [0.1, 0.15) is 6.04 Å². The second-order valence-electron chi connectivity index (χ2n) is 10.3. The lowest BCUT2D eigenvalue weighted by Crippen LogP contribution is -2.52. The van der Waals surface area contributed by atoms with Crippen LogP contribution < -0.4 is 16.4 Å². The van der Waals surface area contributed by atoms with Crippen LogP contribution in [0.4, 0.5) is 0 Å². The number of carbonyl (C=O) groups is 1. The topological polar surface area (TPSA) is 104 Å². The van der Waals surface area contributed by atoms with Gasteiger partial charge in [-0.05, 0) is 38.8 Å². The fraction of sp³-hybridized carbons (Fsp3) is 0.966. The highest BCUT2D eigenvalue weighted by Gasteiger charge is 2.30. The van der Waals surface area contributed by atoms with E-state index in [1.807, 2.05) is 6.92 Å². The van der Waals surface area contributed by atoms with E-state index in [1.165, 1.54) is 45.4 Å². The van der Waals surface area contributed by atoms with Gasteiger partial charge in [-0.15, -0.1) is 0 Å². The second-order valence-corrected chi connectivity index (χ2v) is 10.3. The third-order valence-corrected chi connectivity index (χ3v) is 6.39. The van der Waals surface area contributed by atoms with Crippen molar-refractivity contribution in [1.29, 1.82) is 0 Å². The molecule has 1 amide bonds. The molecule has 0 aliphatic carbocycles. The molecule has 3 unspecified atom stereocenters. The van der Waals surface area contributed by atoms with Gasteiger partial charge in [0.15, 0.2) is 6.29 Å². The van der Waals surface area contributed by atoms with Crippen molar-refractivity contribution in [2.24, 2.45) is 11.7 Å². The van der Waals surface area contributed by atoms with E-state index < -0.39 is 12.3 Å². The number of hydrogen-bond acceptors (Lipinski definition) is 7. The van der Waals surface area contributed by atoms with Crippen LogP contribution in [0.2, 0.25) is 0 Å². The van der Waals surface area contributed by atoms with Gasteiger partial charge >= 0.3 is 0 Å². The number of ether oxygens (including phenoxy) is 4. The molecule has 0 aliphatic heterocycles. The Labute approximate surface area is 228 Å². The summed E-state index contributed by atoms with van der Waals surface area (Å²) >= 11 is 0. The summed E-state index contributed by atoms with van der Waals surface area (Å²) in [6, 6.07) is -0.435. The lowest BCUT2D eigenvalue weighted by Gasteiger charge is -2.33. The highest BCUT2D eigenvalue weighted by molar-refractivity contribution is 5.73. The van der Waals surface area contributed by atoms with Crippen LogP contribution in [0.5, 0.6) is 0 Å². The normalized spacial score (nSPS) is 15.8. The SMILES string of the molecule is CCCCCCCCOC[C@H](NC(C)=O)C(OCC(C)CNCC)OC(CN)[C@H](C)OCCCCCC. The molecule has 0 saturated carbocycles. The summed E-state index contributed by atoms with van der Waals surface area (Å²) in [6.45, 7) is 16.4. The van der Waals surface area contributed by atoms with E-state index in [-0.39, 0.29) is 24.0 Å². The molecule has 0 aliphatic rings. The Morgan fingerprint density at radius 3 is 2.08 bits per heavy atom. The number of unbranched alkanes of at least 4 members (excludes halogenated alkanes) is 8. The predicted octanol–water partition coefficient (Wildman–Crippen LogP) is 4.79. The average Bonchev–Trinajstić information content (AvgIpc) is 2.88. The fourth-order valence-corrected chi connectivity index (χ4v) is 4.04. The first kappa shape index (κ1) is 36.2. The van der Waals surface area contributed by atoms with Gasteiger partial charge in [-0.2, -0.15) is 0 Å². The van der Waals surface area contributed by atoms with Gasteiger partial charge in [-0.25, -0.2) is 0 Å². The average molecular weight is 532 g/mol. The molecular weight excluding hydrogens is 470 g/mol. The highest BCUT2D eigenvalue weighted by atomic mass is 16.7. The zero-order chi connectivity index (χ0) is 27.7. The Hall–Kier alpha value is -0.770. The van der Waals surface area contributed by atoms with E-state index in [9.17, 15) is 4.79 Å². The molecule has 8 heteroatoms. The summed E-state index contributed by atoms with van der Waals surface area (Å²) in [5.74, 6) is 0.146. The van der Waals surface area contributed by atoms with Crippen LogP contribution >= 0.6 is 0 Å². The molecular formula is C29H61N3O5. The molecule has 0 fully saturated rings. The Morgan fingerprint density at radius 2 is 1.46 bits per heavy atom. The maximum absolute atomic E-state index is 12.1. The van der Waals surface area contributed by atoms with E-state index in [0.29, 0.717) is 33.0 Å². The molecule has 8 nitrogen and oxygen atoms in total. The lowest BCUT2D eigenvalue weighted by atomic mass is 10.1. The van der Waals surface area contributed by atoms with E-state index >= 15 is 0 Å². The van der Waals surface area contributed by atoms with Crippen molar-refractivity contribution in [3.63, 3.8) is 0 Å². The molecule has 0 heterocycles. The van der Waals surface area contributed by atoms with Gasteiger partial charge < -0.3 is 35.3 Å². The Bertz CT molecular complexity index is 512. The largest absolute Gasteiger partial charge is 0.379 e. The van der Waals surface area contributed by atoms with Crippen LogP contribution in [0.25, 0.3) is 0 Å². The van der Waals surface area contributed by atoms with Gasteiger partial charge in [0.25, 0.3) is 0 Å². The summed E-state index contributed by atoms with van der Waals surface area (Å²) < 4.78 is 24.7. The molecule has 37 heavy (non-hydrogen) atoms. The molecule has 4 N–H and O–H groups in total.